The lowest BCUT2D eigenvalue weighted by atomic mass is 10.3. The van der Waals surface area contributed by atoms with Crippen molar-refractivity contribution < 1.29 is 4.74 Å². The number of rotatable bonds is 3. The van der Waals surface area contributed by atoms with E-state index in [9.17, 15) is 0 Å². The Kier molecular flexibility index (Phi) is 4.06. The summed E-state index contributed by atoms with van der Waals surface area (Å²) in [4.78, 5) is 0. The molecule has 12 heavy (non-hydrogen) atoms. The molecule has 0 bridgehead atoms. The van der Waals surface area contributed by atoms with E-state index in [2.05, 4.69) is 12.6 Å². The molecule has 0 aliphatic carbocycles. The van der Waals surface area contributed by atoms with Crippen LogP contribution in [0, 0.1) is 0 Å². The first-order valence-corrected chi connectivity index (χ1v) is 4.81. The Morgan fingerprint density at radius 2 is 1.75 bits per heavy atom. The van der Waals surface area contributed by atoms with Crippen LogP contribution in [0.3, 0.4) is 0 Å². The summed E-state index contributed by atoms with van der Waals surface area (Å²) < 4.78 is 5.27. The van der Waals surface area contributed by atoms with Crippen molar-refractivity contribution in [2.24, 2.45) is 0 Å². The molecule has 1 aromatic carbocycles. The Balaban J connectivity index is 2.72. The highest BCUT2D eigenvalue weighted by Gasteiger charge is 1.97. The molecule has 4 heteroatoms. The molecule has 0 unspecified atom stereocenters. The number of hydrogen-bond acceptors (Lipinski definition) is 2. The van der Waals surface area contributed by atoms with Crippen LogP contribution in [-0.2, 0) is 0 Å². The Hall–Kier alpha value is -0.0500. The minimum Gasteiger partial charge on any atom is -0.493 e. The van der Waals surface area contributed by atoms with Crippen LogP contribution in [0.25, 0.3) is 0 Å². The van der Waals surface area contributed by atoms with Crippen molar-refractivity contribution in [3.63, 3.8) is 0 Å². The van der Waals surface area contributed by atoms with Gasteiger partial charge >= 0.3 is 0 Å². The van der Waals surface area contributed by atoms with Gasteiger partial charge in [-0.1, -0.05) is 23.2 Å². The molecule has 1 rings (SSSR count). The molecule has 0 aliphatic rings. The van der Waals surface area contributed by atoms with Crippen LogP contribution in [0.4, 0.5) is 0 Å². The third kappa shape index (κ3) is 3.13. The van der Waals surface area contributed by atoms with E-state index in [0.717, 1.165) is 0 Å². The Morgan fingerprint density at radius 1 is 1.17 bits per heavy atom. The molecule has 0 aromatic heterocycles. The molecule has 0 aliphatic heterocycles. The Morgan fingerprint density at radius 3 is 2.25 bits per heavy atom. The number of ether oxygens (including phenoxy) is 1. The van der Waals surface area contributed by atoms with E-state index in [-0.39, 0.29) is 0 Å². The second kappa shape index (κ2) is 4.85. The standard InChI is InChI=1S/C8H8Cl2OS/c9-6-3-7(10)5-8(4-6)11-1-2-12/h3-5,12H,1-2H2. The highest BCUT2D eigenvalue weighted by molar-refractivity contribution is 7.80. The highest BCUT2D eigenvalue weighted by Crippen LogP contribution is 2.23. The zero-order valence-corrected chi connectivity index (χ0v) is 8.66. The topological polar surface area (TPSA) is 9.23 Å². The fourth-order valence-corrected chi connectivity index (χ4v) is 1.37. The van der Waals surface area contributed by atoms with Crippen LogP contribution in [-0.4, -0.2) is 12.4 Å². The van der Waals surface area contributed by atoms with Crippen molar-refractivity contribution in [2.75, 3.05) is 12.4 Å². The van der Waals surface area contributed by atoms with Gasteiger partial charge < -0.3 is 4.74 Å². The van der Waals surface area contributed by atoms with Crippen molar-refractivity contribution in [1.82, 2.24) is 0 Å². The van der Waals surface area contributed by atoms with Crippen molar-refractivity contribution in [2.45, 2.75) is 0 Å². The van der Waals surface area contributed by atoms with Gasteiger partial charge in [0, 0.05) is 15.8 Å². The number of halogens is 2. The average Bonchev–Trinajstić information content (AvgIpc) is 1.99. The smallest absolute Gasteiger partial charge is 0.122 e. The lowest BCUT2D eigenvalue weighted by Crippen LogP contribution is -1.97. The molecule has 66 valence electrons. The first-order chi connectivity index (χ1) is 5.72. The van der Waals surface area contributed by atoms with Gasteiger partial charge in [-0.25, -0.2) is 0 Å². The normalized spacial score (nSPS) is 9.92. The van der Waals surface area contributed by atoms with E-state index in [1.54, 1.807) is 18.2 Å². The second-order valence-electron chi connectivity index (χ2n) is 2.18. The quantitative estimate of drug-likeness (QED) is 0.773. The SMILES string of the molecule is SCCOc1cc(Cl)cc(Cl)c1. The van der Waals surface area contributed by atoms with Gasteiger partial charge in [0.15, 0.2) is 0 Å². The second-order valence-corrected chi connectivity index (χ2v) is 3.50. The molecule has 0 amide bonds. The summed E-state index contributed by atoms with van der Waals surface area (Å²) in [6, 6.07) is 5.10. The van der Waals surface area contributed by atoms with E-state index in [1.807, 2.05) is 0 Å². The third-order valence-electron chi connectivity index (χ3n) is 1.20. The average molecular weight is 223 g/mol. The van der Waals surface area contributed by atoms with Gasteiger partial charge in [-0.3, -0.25) is 0 Å². The summed E-state index contributed by atoms with van der Waals surface area (Å²) in [5.41, 5.74) is 0. The lowest BCUT2D eigenvalue weighted by Gasteiger charge is -2.04. The summed E-state index contributed by atoms with van der Waals surface area (Å²) in [6.45, 7) is 0.555. The van der Waals surface area contributed by atoms with Gasteiger partial charge in [0.25, 0.3) is 0 Å². The molecule has 0 fully saturated rings. The summed E-state index contributed by atoms with van der Waals surface area (Å²) in [6.07, 6.45) is 0. The molecule has 0 heterocycles. The van der Waals surface area contributed by atoms with Gasteiger partial charge in [-0.2, -0.15) is 12.6 Å². The molecule has 0 radical (unpaired) electrons. The van der Waals surface area contributed by atoms with Gasteiger partial charge in [0.1, 0.15) is 5.75 Å². The zero-order chi connectivity index (χ0) is 8.97. The van der Waals surface area contributed by atoms with Crippen molar-refractivity contribution in [3.05, 3.63) is 28.2 Å². The van der Waals surface area contributed by atoms with E-state index >= 15 is 0 Å². The van der Waals surface area contributed by atoms with Crippen LogP contribution in [0.1, 0.15) is 0 Å². The fourth-order valence-electron chi connectivity index (χ4n) is 0.775. The summed E-state index contributed by atoms with van der Waals surface area (Å²) >= 11 is 15.5. The molecule has 0 atom stereocenters. The Bertz CT molecular complexity index is 245. The van der Waals surface area contributed by atoms with Gasteiger partial charge in [-0.15, -0.1) is 0 Å². The molecule has 1 nitrogen and oxygen atoms in total. The van der Waals surface area contributed by atoms with Gasteiger partial charge in [0.05, 0.1) is 6.61 Å². The predicted molar refractivity (Wildman–Crippen MR) is 55.8 cm³/mol. The van der Waals surface area contributed by atoms with Crippen molar-refractivity contribution in [1.29, 1.82) is 0 Å². The van der Waals surface area contributed by atoms with Gasteiger partial charge in [0.2, 0.25) is 0 Å². The van der Waals surface area contributed by atoms with E-state index in [4.69, 9.17) is 27.9 Å². The van der Waals surface area contributed by atoms with E-state index in [0.29, 0.717) is 28.2 Å². The first-order valence-electron chi connectivity index (χ1n) is 3.42. The largest absolute Gasteiger partial charge is 0.493 e. The van der Waals surface area contributed by atoms with E-state index < -0.39 is 0 Å². The zero-order valence-electron chi connectivity index (χ0n) is 6.26. The maximum Gasteiger partial charge on any atom is 0.122 e. The molecule has 0 N–H and O–H groups in total. The molecular weight excluding hydrogens is 215 g/mol. The number of hydrogen-bond donors (Lipinski definition) is 1. The maximum atomic E-state index is 5.75. The number of benzene rings is 1. The molecule has 1 aromatic rings. The molecule has 0 saturated heterocycles. The van der Waals surface area contributed by atoms with Crippen LogP contribution in [0.15, 0.2) is 18.2 Å². The van der Waals surface area contributed by atoms with Crippen molar-refractivity contribution >= 4 is 35.8 Å². The lowest BCUT2D eigenvalue weighted by molar-refractivity contribution is 0.344. The van der Waals surface area contributed by atoms with Crippen LogP contribution in [0.2, 0.25) is 10.0 Å². The van der Waals surface area contributed by atoms with E-state index in [1.165, 1.54) is 0 Å². The van der Waals surface area contributed by atoms with Crippen LogP contribution < -0.4 is 4.74 Å². The Labute approximate surface area is 87.0 Å². The minimum atomic E-state index is 0.555. The molecule has 0 spiro atoms. The minimum absolute atomic E-state index is 0.555. The monoisotopic (exact) mass is 222 g/mol. The predicted octanol–water partition coefficient (Wildman–Crippen LogP) is 3.30. The van der Waals surface area contributed by atoms with Gasteiger partial charge in [-0.05, 0) is 18.2 Å². The summed E-state index contributed by atoms with van der Waals surface area (Å²) in [5, 5.41) is 1.16. The molecule has 0 saturated carbocycles. The number of thiol groups is 1. The summed E-state index contributed by atoms with van der Waals surface area (Å²) in [7, 11) is 0. The van der Waals surface area contributed by atoms with Crippen LogP contribution in [0.5, 0.6) is 5.75 Å². The third-order valence-corrected chi connectivity index (χ3v) is 1.82. The maximum absolute atomic E-state index is 5.75. The summed E-state index contributed by atoms with van der Waals surface area (Å²) in [5.74, 6) is 1.35. The highest BCUT2D eigenvalue weighted by atomic mass is 35.5. The first kappa shape index (κ1) is 10.0. The van der Waals surface area contributed by atoms with Crippen molar-refractivity contribution in [3.8, 4) is 5.75 Å². The fraction of sp³-hybridized carbons (Fsp3) is 0.250. The van der Waals surface area contributed by atoms with Crippen LogP contribution >= 0.6 is 35.8 Å². The molecular formula is C8H8Cl2OS.